The molecule has 1 fully saturated rings. The molecular formula is C7H13N3. The van der Waals surface area contributed by atoms with Crippen LogP contribution in [0.1, 0.15) is 13.3 Å². The highest BCUT2D eigenvalue weighted by Gasteiger charge is 2.51. The van der Waals surface area contributed by atoms with Crippen LogP contribution in [-0.4, -0.2) is 35.9 Å². The molecule has 2 unspecified atom stereocenters. The topological polar surface area (TPSA) is 41.4 Å². The van der Waals surface area contributed by atoms with Gasteiger partial charge < -0.3 is 5.73 Å². The molecule has 0 radical (unpaired) electrons. The highest BCUT2D eigenvalue weighted by molar-refractivity contribution is 5.93. The quantitative estimate of drug-likeness (QED) is 0.473. The van der Waals surface area contributed by atoms with Crippen molar-refractivity contribution in [2.75, 3.05) is 19.6 Å². The summed E-state index contributed by atoms with van der Waals surface area (Å²) in [7, 11) is 0. The van der Waals surface area contributed by atoms with Crippen LogP contribution >= 0.6 is 0 Å². The van der Waals surface area contributed by atoms with Crippen molar-refractivity contribution in [2.24, 2.45) is 10.7 Å². The van der Waals surface area contributed by atoms with E-state index < -0.39 is 0 Å². The minimum atomic E-state index is 0.149. The standard InChI is InChI=1S/C7H13N3/c1-7-5-10(7)4-2-3-9-6(7)8/h2-5H2,1H3,(H2,8,9). The number of aliphatic imine (C=N–C) groups is 1. The lowest BCUT2D eigenvalue weighted by Crippen LogP contribution is -2.32. The Morgan fingerprint density at radius 3 is 3.30 bits per heavy atom. The van der Waals surface area contributed by atoms with Gasteiger partial charge in [-0.2, -0.15) is 0 Å². The van der Waals surface area contributed by atoms with Gasteiger partial charge >= 0.3 is 0 Å². The van der Waals surface area contributed by atoms with Crippen molar-refractivity contribution in [3.05, 3.63) is 0 Å². The first-order chi connectivity index (χ1) is 4.73. The van der Waals surface area contributed by atoms with Crippen LogP contribution in [0.4, 0.5) is 0 Å². The molecule has 0 aromatic rings. The van der Waals surface area contributed by atoms with Gasteiger partial charge in [-0.1, -0.05) is 0 Å². The van der Waals surface area contributed by atoms with Gasteiger partial charge in [0.25, 0.3) is 0 Å². The van der Waals surface area contributed by atoms with Gasteiger partial charge in [0.05, 0.1) is 5.54 Å². The molecule has 0 saturated carbocycles. The second kappa shape index (κ2) is 1.72. The van der Waals surface area contributed by atoms with Crippen LogP contribution in [0.2, 0.25) is 0 Å². The Morgan fingerprint density at radius 2 is 2.50 bits per heavy atom. The predicted octanol–water partition coefficient (Wildman–Crippen LogP) is -0.178. The third-order valence-corrected chi connectivity index (χ3v) is 2.51. The van der Waals surface area contributed by atoms with Crippen LogP contribution in [0.3, 0.4) is 0 Å². The first-order valence-electron chi connectivity index (χ1n) is 3.79. The molecule has 10 heavy (non-hydrogen) atoms. The number of fused-ring (bicyclic) bond motifs is 1. The van der Waals surface area contributed by atoms with Gasteiger partial charge in [0.2, 0.25) is 0 Å². The lowest BCUT2D eigenvalue weighted by Gasteiger charge is -2.06. The van der Waals surface area contributed by atoms with Crippen molar-refractivity contribution < 1.29 is 0 Å². The van der Waals surface area contributed by atoms with Crippen LogP contribution in [0.15, 0.2) is 4.99 Å². The fraction of sp³-hybridized carbons (Fsp3) is 0.857. The van der Waals surface area contributed by atoms with Crippen molar-refractivity contribution in [1.29, 1.82) is 0 Å². The SMILES string of the molecule is CC12CN1CCCN=C2N. The van der Waals surface area contributed by atoms with Crippen LogP contribution in [-0.2, 0) is 0 Å². The second-order valence-electron chi connectivity index (χ2n) is 3.32. The molecule has 3 nitrogen and oxygen atoms in total. The van der Waals surface area contributed by atoms with Crippen molar-refractivity contribution >= 4 is 5.84 Å². The number of amidine groups is 1. The van der Waals surface area contributed by atoms with E-state index in [2.05, 4.69) is 16.8 Å². The molecule has 0 amide bonds. The van der Waals surface area contributed by atoms with E-state index >= 15 is 0 Å². The van der Waals surface area contributed by atoms with Crippen LogP contribution in [0, 0.1) is 0 Å². The summed E-state index contributed by atoms with van der Waals surface area (Å²) in [5.74, 6) is 0.838. The number of hydrogen-bond donors (Lipinski definition) is 1. The van der Waals surface area contributed by atoms with Gasteiger partial charge in [0.1, 0.15) is 5.84 Å². The highest BCUT2D eigenvalue weighted by Crippen LogP contribution is 2.33. The molecule has 0 bridgehead atoms. The van der Waals surface area contributed by atoms with Gasteiger partial charge in [-0.25, -0.2) is 0 Å². The molecule has 3 heteroatoms. The normalized spacial score (nSPS) is 45.3. The van der Waals surface area contributed by atoms with Gasteiger partial charge in [-0.15, -0.1) is 0 Å². The second-order valence-corrected chi connectivity index (χ2v) is 3.32. The fourth-order valence-corrected chi connectivity index (χ4v) is 1.54. The van der Waals surface area contributed by atoms with Gasteiger partial charge in [0, 0.05) is 19.6 Å². The zero-order valence-electron chi connectivity index (χ0n) is 6.30. The average molecular weight is 139 g/mol. The summed E-state index contributed by atoms with van der Waals surface area (Å²) in [4.78, 5) is 6.64. The largest absolute Gasteiger partial charge is 0.386 e. The maximum atomic E-state index is 5.76. The lowest BCUT2D eigenvalue weighted by atomic mass is 10.2. The number of hydrogen-bond acceptors (Lipinski definition) is 3. The third kappa shape index (κ3) is 0.669. The Labute approximate surface area is 60.9 Å². The van der Waals surface area contributed by atoms with Crippen molar-refractivity contribution in [2.45, 2.75) is 18.9 Å². The summed E-state index contributed by atoms with van der Waals surface area (Å²) < 4.78 is 0. The molecule has 2 heterocycles. The fourth-order valence-electron chi connectivity index (χ4n) is 1.54. The Hall–Kier alpha value is -0.570. The highest BCUT2D eigenvalue weighted by atomic mass is 15.4. The zero-order chi connectivity index (χ0) is 7.19. The Bertz CT molecular complexity index is 187. The predicted molar refractivity (Wildman–Crippen MR) is 41.1 cm³/mol. The monoisotopic (exact) mass is 139 g/mol. The first-order valence-corrected chi connectivity index (χ1v) is 3.79. The smallest absolute Gasteiger partial charge is 0.115 e. The lowest BCUT2D eigenvalue weighted by molar-refractivity contribution is 0.486. The molecule has 2 aliphatic heterocycles. The van der Waals surface area contributed by atoms with Crippen LogP contribution in [0.5, 0.6) is 0 Å². The molecule has 1 saturated heterocycles. The zero-order valence-corrected chi connectivity index (χ0v) is 6.30. The van der Waals surface area contributed by atoms with E-state index in [1.165, 1.54) is 6.54 Å². The molecule has 0 aliphatic carbocycles. The van der Waals surface area contributed by atoms with E-state index in [9.17, 15) is 0 Å². The van der Waals surface area contributed by atoms with E-state index in [1.54, 1.807) is 0 Å². The Kier molecular flexibility index (Phi) is 1.06. The van der Waals surface area contributed by atoms with Crippen LogP contribution in [0.25, 0.3) is 0 Å². The summed E-state index contributed by atoms with van der Waals surface area (Å²) in [6.45, 7) is 5.36. The van der Waals surface area contributed by atoms with Gasteiger partial charge in [-0.3, -0.25) is 9.89 Å². The third-order valence-electron chi connectivity index (χ3n) is 2.51. The summed E-state index contributed by atoms with van der Waals surface area (Å²) in [5, 5.41) is 0. The van der Waals surface area contributed by atoms with Gasteiger partial charge in [-0.05, 0) is 13.3 Å². The summed E-state index contributed by atoms with van der Waals surface area (Å²) in [5.41, 5.74) is 5.91. The van der Waals surface area contributed by atoms with Crippen LogP contribution < -0.4 is 5.73 Å². The van der Waals surface area contributed by atoms with E-state index in [0.717, 1.165) is 25.3 Å². The molecule has 56 valence electrons. The molecule has 2 rings (SSSR count). The van der Waals surface area contributed by atoms with E-state index in [4.69, 9.17) is 5.73 Å². The maximum absolute atomic E-state index is 5.76. The minimum absolute atomic E-state index is 0.149. The number of rotatable bonds is 0. The molecular weight excluding hydrogens is 126 g/mol. The van der Waals surface area contributed by atoms with E-state index in [-0.39, 0.29) is 5.54 Å². The summed E-state index contributed by atoms with van der Waals surface area (Å²) in [6.07, 6.45) is 1.16. The van der Waals surface area contributed by atoms with Crippen molar-refractivity contribution in [1.82, 2.24) is 4.90 Å². The molecule has 2 aliphatic rings. The summed E-state index contributed by atoms with van der Waals surface area (Å²) >= 11 is 0. The van der Waals surface area contributed by atoms with Crippen molar-refractivity contribution in [3.63, 3.8) is 0 Å². The Balaban J connectivity index is 2.22. The molecule has 0 aromatic carbocycles. The van der Waals surface area contributed by atoms with E-state index in [1.807, 2.05) is 0 Å². The first kappa shape index (κ1) is 6.16. The number of nitrogens with two attached hydrogens (primary N) is 1. The molecule has 2 atom stereocenters. The maximum Gasteiger partial charge on any atom is 0.115 e. The Morgan fingerprint density at radius 1 is 1.70 bits per heavy atom. The molecule has 0 spiro atoms. The minimum Gasteiger partial charge on any atom is -0.386 e. The molecule has 0 aromatic heterocycles. The molecule has 2 N–H and O–H groups in total. The van der Waals surface area contributed by atoms with E-state index in [0.29, 0.717) is 0 Å². The summed E-state index contributed by atoms with van der Waals surface area (Å²) in [6, 6.07) is 0. The van der Waals surface area contributed by atoms with Gasteiger partial charge in [0.15, 0.2) is 0 Å². The number of nitrogens with zero attached hydrogens (tertiary/aromatic N) is 2. The van der Waals surface area contributed by atoms with Crippen molar-refractivity contribution in [3.8, 4) is 0 Å². The average Bonchev–Trinajstić information content (AvgIpc) is 2.55.